The Balaban J connectivity index is 1.60. The zero-order valence-electron chi connectivity index (χ0n) is 14.1. The highest BCUT2D eigenvalue weighted by molar-refractivity contribution is 7.89. The summed E-state index contributed by atoms with van der Waals surface area (Å²) >= 11 is 0. The molecular weight excluding hydrogens is 316 g/mol. The summed E-state index contributed by atoms with van der Waals surface area (Å²) in [5.41, 5.74) is 0. The van der Waals surface area contributed by atoms with Crippen LogP contribution in [0.4, 0.5) is 0 Å². The number of aliphatic imine (C=N–C) groups is 1. The van der Waals surface area contributed by atoms with Crippen LogP contribution in [0.25, 0.3) is 0 Å². The van der Waals surface area contributed by atoms with E-state index >= 15 is 0 Å². The average Bonchev–Trinajstić information content (AvgIpc) is 3.27. The lowest BCUT2D eigenvalue weighted by Gasteiger charge is -2.16. The summed E-state index contributed by atoms with van der Waals surface area (Å²) < 4.78 is 30.6. The number of rotatable bonds is 10. The Labute approximate surface area is 139 Å². The fraction of sp³-hybridized carbons (Fsp3) is 0.933. The summed E-state index contributed by atoms with van der Waals surface area (Å²) in [5.74, 6) is 1.83. The lowest BCUT2D eigenvalue weighted by molar-refractivity contribution is 0.123. The van der Waals surface area contributed by atoms with Crippen LogP contribution in [0.15, 0.2) is 4.99 Å². The summed E-state index contributed by atoms with van der Waals surface area (Å²) in [6.45, 7) is 6.86. The van der Waals surface area contributed by atoms with E-state index in [1.54, 1.807) is 4.31 Å². The lowest BCUT2D eigenvalue weighted by Crippen LogP contribution is -2.42. The van der Waals surface area contributed by atoms with Crippen molar-refractivity contribution in [2.24, 2.45) is 10.9 Å². The summed E-state index contributed by atoms with van der Waals surface area (Å²) in [6, 6.07) is 0. The second-order valence-electron chi connectivity index (χ2n) is 6.13. The monoisotopic (exact) mass is 346 g/mol. The largest absolute Gasteiger partial charge is 0.381 e. The van der Waals surface area contributed by atoms with Crippen molar-refractivity contribution in [3.05, 3.63) is 0 Å². The van der Waals surface area contributed by atoms with Gasteiger partial charge in [0, 0.05) is 45.9 Å². The molecule has 0 spiro atoms. The molecule has 1 saturated heterocycles. The van der Waals surface area contributed by atoms with Crippen LogP contribution in [0.1, 0.15) is 32.6 Å². The Kier molecular flexibility index (Phi) is 7.58. The van der Waals surface area contributed by atoms with Crippen molar-refractivity contribution in [3.63, 3.8) is 0 Å². The first-order valence-corrected chi connectivity index (χ1v) is 10.3. The van der Waals surface area contributed by atoms with Gasteiger partial charge in [-0.15, -0.1) is 0 Å². The van der Waals surface area contributed by atoms with Crippen LogP contribution in [-0.2, 0) is 14.8 Å². The van der Waals surface area contributed by atoms with Gasteiger partial charge in [0.2, 0.25) is 10.0 Å². The third kappa shape index (κ3) is 7.05. The predicted molar refractivity (Wildman–Crippen MR) is 92.1 cm³/mol. The highest BCUT2D eigenvalue weighted by Crippen LogP contribution is 2.28. The molecule has 7 nitrogen and oxygen atoms in total. The van der Waals surface area contributed by atoms with Gasteiger partial charge in [-0.1, -0.05) is 0 Å². The number of ether oxygens (including phenoxy) is 1. The molecule has 1 aliphatic heterocycles. The Bertz CT molecular complexity index is 477. The van der Waals surface area contributed by atoms with E-state index in [1.165, 1.54) is 12.8 Å². The third-order valence-electron chi connectivity index (χ3n) is 3.97. The Morgan fingerprint density at radius 2 is 2.17 bits per heavy atom. The first-order chi connectivity index (χ1) is 11.1. The molecule has 0 unspecified atom stereocenters. The fourth-order valence-corrected chi connectivity index (χ4v) is 4.00. The number of hydrogen-bond acceptors (Lipinski definition) is 4. The van der Waals surface area contributed by atoms with Gasteiger partial charge in [0.15, 0.2) is 5.96 Å². The van der Waals surface area contributed by atoms with Gasteiger partial charge >= 0.3 is 0 Å². The first kappa shape index (κ1) is 18.5. The quantitative estimate of drug-likeness (QED) is 0.340. The van der Waals surface area contributed by atoms with Crippen molar-refractivity contribution in [1.82, 2.24) is 14.9 Å². The fourth-order valence-electron chi connectivity index (χ4n) is 2.48. The van der Waals surface area contributed by atoms with Crippen LogP contribution in [0.5, 0.6) is 0 Å². The van der Waals surface area contributed by atoms with Gasteiger partial charge in [0.1, 0.15) is 0 Å². The van der Waals surface area contributed by atoms with Crippen LogP contribution < -0.4 is 10.6 Å². The molecule has 0 aromatic carbocycles. The van der Waals surface area contributed by atoms with E-state index < -0.39 is 10.0 Å². The average molecular weight is 346 g/mol. The molecule has 0 bridgehead atoms. The van der Waals surface area contributed by atoms with E-state index in [0.717, 1.165) is 44.5 Å². The molecule has 23 heavy (non-hydrogen) atoms. The van der Waals surface area contributed by atoms with Gasteiger partial charge in [0.05, 0.1) is 5.75 Å². The number of hydrogen-bond donors (Lipinski definition) is 2. The zero-order valence-corrected chi connectivity index (χ0v) is 14.9. The van der Waals surface area contributed by atoms with Gasteiger partial charge in [-0.25, -0.2) is 12.7 Å². The van der Waals surface area contributed by atoms with E-state index in [2.05, 4.69) is 15.6 Å². The van der Waals surface area contributed by atoms with Gasteiger partial charge in [-0.05, 0) is 38.5 Å². The maximum absolute atomic E-state index is 11.7. The van der Waals surface area contributed by atoms with Crippen LogP contribution in [0, 0.1) is 5.92 Å². The van der Waals surface area contributed by atoms with Gasteiger partial charge in [0.25, 0.3) is 0 Å². The van der Waals surface area contributed by atoms with Crippen molar-refractivity contribution in [2.75, 3.05) is 51.7 Å². The molecule has 134 valence electrons. The normalized spacial score (nSPS) is 21.5. The third-order valence-corrected chi connectivity index (χ3v) is 5.92. The van der Waals surface area contributed by atoms with Crippen molar-refractivity contribution >= 4 is 16.0 Å². The van der Waals surface area contributed by atoms with Crippen LogP contribution in [-0.4, -0.2) is 70.4 Å². The van der Waals surface area contributed by atoms with Gasteiger partial charge in [-0.3, -0.25) is 4.99 Å². The van der Waals surface area contributed by atoms with Gasteiger partial charge in [-0.2, -0.15) is 0 Å². The molecule has 1 saturated carbocycles. The number of nitrogens with one attached hydrogen (secondary N) is 2. The lowest BCUT2D eigenvalue weighted by atomic mass is 10.4. The summed E-state index contributed by atoms with van der Waals surface area (Å²) in [6.07, 6.45) is 4.28. The van der Waals surface area contributed by atoms with Gasteiger partial charge < -0.3 is 15.4 Å². The molecular formula is C15H30N4O3S. The Hall–Kier alpha value is -0.860. The summed E-state index contributed by atoms with van der Waals surface area (Å²) in [7, 11) is -3.01. The molecule has 0 aromatic heterocycles. The molecule has 8 heteroatoms. The highest BCUT2D eigenvalue weighted by atomic mass is 32.2. The van der Waals surface area contributed by atoms with Crippen LogP contribution in [0.2, 0.25) is 0 Å². The van der Waals surface area contributed by atoms with E-state index in [9.17, 15) is 8.42 Å². The first-order valence-electron chi connectivity index (χ1n) is 8.69. The molecule has 0 radical (unpaired) electrons. The molecule has 0 atom stereocenters. The standard InChI is InChI=1S/C15H30N4O3S/c1-2-16-15(17-7-3-11-22-13-14-5-6-14)18-8-10-19-9-4-12-23(19,20)21/h14H,2-13H2,1H3,(H2,16,17,18). The van der Waals surface area contributed by atoms with E-state index in [4.69, 9.17) is 4.74 Å². The molecule has 2 rings (SSSR count). The molecule has 1 aliphatic carbocycles. The number of nitrogens with zero attached hydrogens (tertiary/aromatic N) is 2. The topological polar surface area (TPSA) is 83.0 Å². The maximum atomic E-state index is 11.7. The van der Waals surface area contributed by atoms with Crippen LogP contribution >= 0.6 is 0 Å². The van der Waals surface area contributed by atoms with E-state index in [1.807, 2.05) is 6.92 Å². The molecule has 2 N–H and O–H groups in total. The Morgan fingerprint density at radius 3 is 2.83 bits per heavy atom. The van der Waals surface area contributed by atoms with E-state index in [-0.39, 0.29) is 5.75 Å². The highest BCUT2D eigenvalue weighted by Gasteiger charge is 2.27. The SMILES string of the molecule is CCNC(=NCCCOCC1CC1)NCCN1CCCS1(=O)=O. The minimum Gasteiger partial charge on any atom is -0.381 e. The Morgan fingerprint density at radius 1 is 1.35 bits per heavy atom. The second kappa shape index (κ2) is 9.44. The predicted octanol–water partition coefficient (Wildman–Crippen LogP) is 0.394. The van der Waals surface area contributed by atoms with Crippen LogP contribution in [0.3, 0.4) is 0 Å². The minimum atomic E-state index is -3.01. The second-order valence-corrected chi connectivity index (χ2v) is 8.22. The molecule has 0 aromatic rings. The van der Waals surface area contributed by atoms with Crippen molar-refractivity contribution in [2.45, 2.75) is 32.6 Å². The minimum absolute atomic E-state index is 0.280. The smallest absolute Gasteiger partial charge is 0.214 e. The summed E-state index contributed by atoms with van der Waals surface area (Å²) in [5, 5.41) is 6.37. The molecule has 1 heterocycles. The summed E-state index contributed by atoms with van der Waals surface area (Å²) in [4.78, 5) is 4.49. The molecule has 2 fully saturated rings. The van der Waals surface area contributed by atoms with Crippen molar-refractivity contribution in [1.29, 1.82) is 0 Å². The molecule has 0 amide bonds. The number of guanidine groups is 1. The zero-order chi connectivity index (χ0) is 16.5. The van der Waals surface area contributed by atoms with Crippen molar-refractivity contribution in [3.8, 4) is 0 Å². The maximum Gasteiger partial charge on any atom is 0.214 e. The number of sulfonamides is 1. The van der Waals surface area contributed by atoms with Crippen molar-refractivity contribution < 1.29 is 13.2 Å². The van der Waals surface area contributed by atoms with E-state index in [0.29, 0.717) is 26.2 Å². The molecule has 2 aliphatic rings.